The highest BCUT2D eigenvalue weighted by atomic mass is 19.4. The van der Waals surface area contributed by atoms with Crippen LogP contribution < -0.4 is 4.90 Å². The standard InChI is InChI=1S/C20H19F3N4O/c1-13-6-8-27(15(10-13)16-5-3-9-28-16)18-11-17(20(21,22)23)25-19(26-18)14-4-2-7-24-12-14/h2-5,7,9,11-13,15H,6,8,10H2,1H3. The Balaban J connectivity index is 1.81. The molecule has 0 saturated carbocycles. The summed E-state index contributed by atoms with van der Waals surface area (Å²) in [4.78, 5) is 14.1. The van der Waals surface area contributed by atoms with Gasteiger partial charge in [-0.15, -0.1) is 0 Å². The number of alkyl halides is 3. The van der Waals surface area contributed by atoms with Gasteiger partial charge in [0.1, 0.15) is 11.6 Å². The fraction of sp³-hybridized carbons (Fsp3) is 0.350. The largest absolute Gasteiger partial charge is 0.467 e. The van der Waals surface area contributed by atoms with Crippen LogP contribution in [0, 0.1) is 5.92 Å². The maximum Gasteiger partial charge on any atom is 0.433 e. The summed E-state index contributed by atoms with van der Waals surface area (Å²) in [5, 5.41) is 0. The van der Waals surface area contributed by atoms with Crippen molar-refractivity contribution in [3.8, 4) is 11.4 Å². The van der Waals surface area contributed by atoms with Gasteiger partial charge in [0.15, 0.2) is 11.5 Å². The SMILES string of the molecule is CC1CCN(c2cc(C(F)(F)F)nc(-c3cccnc3)n2)C(c2ccco2)C1. The van der Waals surface area contributed by atoms with Crippen molar-refractivity contribution in [1.82, 2.24) is 15.0 Å². The van der Waals surface area contributed by atoms with E-state index in [0.29, 0.717) is 18.0 Å². The molecule has 1 aliphatic rings. The summed E-state index contributed by atoms with van der Waals surface area (Å²) in [7, 11) is 0. The van der Waals surface area contributed by atoms with Gasteiger partial charge in [0.25, 0.3) is 0 Å². The van der Waals surface area contributed by atoms with Crippen molar-refractivity contribution >= 4 is 5.82 Å². The Morgan fingerprint density at radius 2 is 2.04 bits per heavy atom. The average Bonchev–Trinajstić information content (AvgIpc) is 3.22. The normalized spacial score (nSPS) is 20.4. The Morgan fingerprint density at radius 3 is 2.71 bits per heavy atom. The number of hydrogen-bond donors (Lipinski definition) is 0. The molecule has 146 valence electrons. The molecule has 4 rings (SSSR count). The van der Waals surface area contributed by atoms with Crippen LogP contribution in [-0.2, 0) is 6.18 Å². The summed E-state index contributed by atoms with van der Waals surface area (Å²) in [5.41, 5.74) is -0.525. The molecule has 0 radical (unpaired) electrons. The number of nitrogens with zero attached hydrogens (tertiary/aromatic N) is 4. The number of halogens is 3. The molecule has 0 amide bonds. The molecule has 0 spiro atoms. The van der Waals surface area contributed by atoms with Gasteiger partial charge < -0.3 is 9.32 Å². The van der Waals surface area contributed by atoms with Crippen molar-refractivity contribution < 1.29 is 17.6 Å². The van der Waals surface area contributed by atoms with E-state index in [1.165, 1.54) is 6.20 Å². The van der Waals surface area contributed by atoms with Crippen LogP contribution >= 0.6 is 0 Å². The number of anilines is 1. The molecule has 5 nitrogen and oxygen atoms in total. The first-order valence-electron chi connectivity index (χ1n) is 9.08. The number of hydrogen-bond acceptors (Lipinski definition) is 5. The summed E-state index contributed by atoms with van der Waals surface area (Å²) in [5.74, 6) is 1.42. The van der Waals surface area contributed by atoms with E-state index < -0.39 is 11.9 Å². The third kappa shape index (κ3) is 3.72. The van der Waals surface area contributed by atoms with Gasteiger partial charge in [-0.05, 0) is 43.0 Å². The maximum atomic E-state index is 13.5. The Morgan fingerprint density at radius 1 is 1.18 bits per heavy atom. The topological polar surface area (TPSA) is 55.1 Å². The second-order valence-electron chi connectivity index (χ2n) is 7.03. The third-order valence-corrected chi connectivity index (χ3v) is 4.95. The van der Waals surface area contributed by atoms with Crippen LogP contribution in [0.5, 0.6) is 0 Å². The average molecular weight is 388 g/mol. The second kappa shape index (κ2) is 7.26. The molecule has 1 saturated heterocycles. The number of aromatic nitrogens is 3. The van der Waals surface area contributed by atoms with Gasteiger partial charge in [0.2, 0.25) is 0 Å². The Bertz CT molecular complexity index is 928. The molecule has 8 heteroatoms. The lowest BCUT2D eigenvalue weighted by atomic mass is 9.91. The van der Waals surface area contributed by atoms with Crippen molar-refractivity contribution in [3.63, 3.8) is 0 Å². The van der Waals surface area contributed by atoms with Gasteiger partial charge in [-0.3, -0.25) is 4.98 Å². The van der Waals surface area contributed by atoms with E-state index in [0.717, 1.165) is 24.7 Å². The van der Waals surface area contributed by atoms with Gasteiger partial charge in [-0.25, -0.2) is 9.97 Å². The third-order valence-electron chi connectivity index (χ3n) is 4.95. The van der Waals surface area contributed by atoms with Crippen LogP contribution in [0.1, 0.15) is 37.3 Å². The molecular formula is C20H19F3N4O. The first-order valence-corrected chi connectivity index (χ1v) is 9.08. The van der Waals surface area contributed by atoms with Crippen molar-refractivity contribution in [2.75, 3.05) is 11.4 Å². The molecule has 4 heterocycles. The lowest BCUT2D eigenvalue weighted by molar-refractivity contribution is -0.141. The Hall–Kier alpha value is -2.90. The number of pyridine rings is 1. The predicted octanol–water partition coefficient (Wildman–Crippen LogP) is 5.13. The molecule has 2 unspecified atom stereocenters. The summed E-state index contributed by atoms with van der Waals surface area (Å²) in [6.45, 7) is 2.72. The molecule has 2 atom stereocenters. The van der Waals surface area contributed by atoms with Gasteiger partial charge in [0.05, 0.1) is 12.3 Å². The van der Waals surface area contributed by atoms with Crippen molar-refractivity contribution in [2.45, 2.75) is 32.0 Å². The van der Waals surface area contributed by atoms with Gasteiger partial charge >= 0.3 is 6.18 Å². The van der Waals surface area contributed by atoms with E-state index in [-0.39, 0.29) is 17.7 Å². The fourth-order valence-electron chi connectivity index (χ4n) is 3.52. The van der Waals surface area contributed by atoms with Gasteiger partial charge in [-0.2, -0.15) is 13.2 Å². The van der Waals surface area contributed by atoms with E-state index in [4.69, 9.17) is 4.42 Å². The first kappa shape index (κ1) is 18.5. The molecule has 0 N–H and O–H groups in total. The smallest absolute Gasteiger partial charge is 0.433 e. The Labute approximate surface area is 160 Å². The summed E-state index contributed by atoms with van der Waals surface area (Å²) >= 11 is 0. The summed E-state index contributed by atoms with van der Waals surface area (Å²) in [6, 6.07) is 7.78. The minimum atomic E-state index is -4.57. The quantitative estimate of drug-likeness (QED) is 0.623. The monoisotopic (exact) mass is 388 g/mol. The molecule has 0 aliphatic carbocycles. The number of piperidine rings is 1. The highest BCUT2D eigenvalue weighted by molar-refractivity contribution is 5.57. The molecule has 0 aromatic carbocycles. The van der Waals surface area contributed by atoms with Gasteiger partial charge in [-0.1, -0.05) is 6.92 Å². The Kier molecular flexibility index (Phi) is 4.78. The molecule has 3 aromatic rings. The van der Waals surface area contributed by atoms with E-state index in [9.17, 15) is 13.2 Å². The maximum absolute atomic E-state index is 13.5. The second-order valence-corrected chi connectivity index (χ2v) is 7.03. The highest BCUT2D eigenvalue weighted by Gasteiger charge is 2.36. The van der Waals surface area contributed by atoms with E-state index in [1.54, 1.807) is 30.7 Å². The van der Waals surface area contributed by atoms with Crippen LogP contribution in [0.2, 0.25) is 0 Å². The van der Waals surface area contributed by atoms with Gasteiger partial charge in [0, 0.05) is 30.6 Å². The molecule has 28 heavy (non-hydrogen) atoms. The number of furan rings is 1. The van der Waals surface area contributed by atoms with Crippen LogP contribution in [-0.4, -0.2) is 21.5 Å². The minimum Gasteiger partial charge on any atom is -0.467 e. The molecule has 1 aliphatic heterocycles. The molecule has 0 bridgehead atoms. The zero-order valence-corrected chi connectivity index (χ0v) is 15.2. The molecule has 3 aromatic heterocycles. The van der Waals surface area contributed by atoms with Crippen molar-refractivity contribution in [2.24, 2.45) is 5.92 Å². The lowest BCUT2D eigenvalue weighted by Crippen LogP contribution is -2.37. The zero-order valence-electron chi connectivity index (χ0n) is 15.2. The van der Waals surface area contributed by atoms with E-state index in [2.05, 4.69) is 21.9 Å². The summed E-state index contributed by atoms with van der Waals surface area (Å²) in [6.07, 6.45) is 1.66. The number of rotatable bonds is 3. The lowest BCUT2D eigenvalue weighted by Gasteiger charge is -2.38. The van der Waals surface area contributed by atoms with Crippen molar-refractivity contribution in [1.29, 1.82) is 0 Å². The van der Waals surface area contributed by atoms with Crippen LogP contribution in [0.15, 0.2) is 53.4 Å². The highest BCUT2D eigenvalue weighted by Crippen LogP contribution is 2.39. The minimum absolute atomic E-state index is 0.00902. The fourth-order valence-corrected chi connectivity index (χ4v) is 3.52. The van der Waals surface area contributed by atoms with Crippen LogP contribution in [0.25, 0.3) is 11.4 Å². The van der Waals surface area contributed by atoms with E-state index in [1.807, 2.05) is 11.0 Å². The predicted molar refractivity (Wildman–Crippen MR) is 97.5 cm³/mol. The molecular weight excluding hydrogens is 369 g/mol. The summed E-state index contributed by atoms with van der Waals surface area (Å²) < 4.78 is 46.1. The molecule has 1 fully saturated rings. The van der Waals surface area contributed by atoms with E-state index >= 15 is 0 Å². The zero-order chi connectivity index (χ0) is 19.7. The van der Waals surface area contributed by atoms with Crippen LogP contribution in [0.3, 0.4) is 0 Å². The van der Waals surface area contributed by atoms with Crippen LogP contribution in [0.4, 0.5) is 19.0 Å². The first-order chi connectivity index (χ1) is 13.4. The van der Waals surface area contributed by atoms with Crippen molar-refractivity contribution in [3.05, 3.63) is 60.4 Å².